The number of hydrogen-bond acceptors (Lipinski definition) is 2. The van der Waals surface area contributed by atoms with Crippen molar-refractivity contribution in [3.8, 4) is 0 Å². The lowest BCUT2D eigenvalue weighted by molar-refractivity contribution is -0.137. The minimum absolute atomic E-state index is 0.0259. The van der Waals surface area contributed by atoms with Crippen LogP contribution in [0.4, 0.5) is 0 Å². The van der Waals surface area contributed by atoms with Gasteiger partial charge in [0.05, 0.1) is 12.7 Å². The Morgan fingerprint density at radius 3 is 1.89 bits per heavy atom. The van der Waals surface area contributed by atoms with E-state index in [9.17, 15) is 4.79 Å². The van der Waals surface area contributed by atoms with Gasteiger partial charge in [0, 0.05) is 8.07 Å². The van der Waals surface area contributed by atoms with Crippen molar-refractivity contribution in [1.29, 1.82) is 0 Å². The normalized spacial score (nSPS) is 16.1. The summed E-state index contributed by atoms with van der Waals surface area (Å²) in [6.07, 6.45) is 0. The second kappa shape index (κ2) is 6.79. The van der Waals surface area contributed by atoms with Crippen molar-refractivity contribution in [3.63, 3.8) is 0 Å². The molecule has 0 bridgehead atoms. The molecule has 1 atom stereocenters. The SMILES string of the molecule is C[Si](C)(C)CC(Cl)C(=O)OC(Cl)=C(Cl)[Si](C)(C)C. The third kappa shape index (κ3) is 7.19. The summed E-state index contributed by atoms with van der Waals surface area (Å²) >= 11 is 18.0. The van der Waals surface area contributed by atoms with Crippen LogP contribution in [0.25, 0.3) is 0 Å². The molecule has 7 heteroatoms. The standard InChI is InChI=1S/C11H21Cl3O2Si2/c1-17(2,3)7-8(12)11(15)16-9(13)10(14)18(4,5)6/h8H,7H2,1-6H3. The van der Waals surface area contributed by atoms with Gasteiger partial charge in [-0.2, -0.15) is 0 Å². The van der Waals surface area contributed by atoms with Gasteiger partial charge in [0.2, 0.25) is 5.22 Å². The van der Waals surface area contributed by atoms with Gasteiger partial charge >= 0.3 is 5.97 Å². The molecule has 0 aliphatic rings. The van der Waals surface area contributed by atoms with E-state index < -0.39 is 27.5 Å². The predicted octanol–water partition coefficient (Wildman–Crippen LogP) is 5.00. The Hall–Kier alpha value is 0.514. The summed E-state index contributed by atoms with van der Waals surface area (Å²) in [5.41, 5.74) is 0. The monoisotopic (exact) mass is 346 g/mol. The van der Waals surface area contributed by atoms with Crippen LogP contribution in [0.5, 0.6) is 0 Å². The van der Waals surface area contributed by atoms with Crippen LogP contribution >= 0.6 is 34.8 Å². The third-order valence-electron chi connectivity index (χ3n) is 2.07. The summed E-state index contributed by atoms with van der Waals surface area (Å²) in [5.74, 6) is -0.513. The quantitative estimate of drug-likeness (QED) is 0.303. The van der Waals surface area contributed by atoms with Crippen LogP contribution in [0.1, 0.15) is 0 Å². The minimum atomic E-state index is -1.77. The van der Waals surface area contributed by atoms with E-state index in [1.807, 2.05) is 19.6 Å². The average molecular weight is 348 g/mol. The van der Waals surface area contributed by atoms with E-state index in [4.69, 9.17) is 39.5 Å². The fourth-order valence-corrected chi connectivity index (χ4v) is 5.39. The first-order valence-electron chi connectivity index (χ1n) is 5.76. The summed E-state index contributed by atoms with van der Waals surface area (Å²) in [6.45, 7) is 12.5. The Kier molecular flexibility index (Phi) is 6.99. The van der Waals surface area contributed by atoms with E-state index in [2.05, 4.69) is 19.6 Å². The summed E-state index contributed by atoms with van der Waals surface area (Å²) in [5, 5.41) is -0.682. The molecule has 0 aliphatic carbocycles. The van der Waals surface area contributed by atoms with E-state index in [-0.39, 0.29) is 5.22 Å². The zero-order valence-corrected chi connectivity index (χ0v) is 16.0. The second-order valence-electron chi connectivity index (χ2n) is 6.49. The number of rotatable bonds is 5. The molecule has 0 aromatic rings. The summed E-state index contributed by atoms with van der Waals surface area (Å²) in [6, 6.07) is 0.655. The summed E-state index contributed by atoms with van der Waals surface area (Å²) < 4.78 is 5.50. The van der Waals surface area contributed by atoms with E-state index >= 15 is 0 Å². The number of alkyl halides is 1. The maximum Gasteiger partial charge on any atom is 0.330 e. The summed E-state index contributed by atoms with van der Waals surface area (Å²) in [4.78, 5) is 11.8. The van der Waals surface area contributed by atoms with Crippen LogP contribution in [-0.4, -0.2) is 27.5 Å². The fraction of sp³-hybridized carbons (Fsp3) is 0.727. The minimum Gasteiger partial charge on any atom is -0.412 e. The van der Waals surface area contributed by atoms with Gasteiger partial charge in [0.15, 0.2) is 0 Å². The lowest BCUT2D eigenvalue weighted by atomic mass is 10.5. The Balaban J connectivity index is 4.68. The van der Waals surface area contributed by atoms with Gasteiger partial charge < -0.3 is 4.74 Å². The second-order valence-corrected chi connectivity index (χ2v) is 18.6. The van der Waals surface area contributed by atoms with Crippen molar-refractivity contribution in [2.75, 3.05) is 0 Å². The molecule has 0 rings (SSSR count). The molecule has 0 spiro atoms. The van der Waals surface area contributed by atoms with Crippen LogP contribution < -0.4 is 0 Å². The highest BCUT2D eigenvalue weighted by Crippen LogP contribution is 2.27. The molecular weight excluding hydrogens is 327 g/mol. The Bertz CT molecular complexity index is 343. The zero-order chi connectivity index (χ0) is 14.7. The molecule has 2 nitrogen and oxygen atoms in total. The smallest absolute Gasteiger partial charge is 0.330 e. The van der Waals surface area contributed by atoms with Crippen molar-refractivity contribution in [2.45, 2.75) is 50.7 Å². The topological polar surface area (TPSA) is 26.3 Å². The van der Waals surface area contributed by atoms with Crippen molar-refractivity contribution >= 4 is 56.9 Å². The lowest BCUT2D eigenvalue weighted by Gasteiger charge is -2.20. The number of carbonyl (C=O) groups is 1. The molecule has 106 valence electrons. The van der Waals surface area contributed by atoms with E-state index in [1.165, 1.54) is 0 Å². The molecule has 0 N–H and O–H groups in total. The molecule has 0 fully saturated rings. The zero-order valence-electron chi connectivity index (χ0n) is 11.7. The number of ether oxygens (including phenoxy) is 1. The molecule has 0 saturated heterocycles. The Morgan fingerprint density at radius 2 is 1.56 bits per heavy atom. The highest BCUT2D eigenvalue weighted by Gasteiger charge is 2.28. The summed E-state index contributed by atoms with van der Waals surface area (Å²) in [7, 11) is -3.18. The number of halogens is 3. The highest BCUT2D eigenvalue weighted by atomic mass is 35.5. The molecule has 0 amide bonds. The lowest BCUT2D eigenvalue weighted by Crippen LogP contribution is -2.30. The van der Waals surface area contributed by atoms with Crippen LogP contribution in [0.3, 0.4) is 0 Å². The van der Waals surface area contributed by atoms with E-state index in [1.54, 1.807) is 0 Å². The molecule has 0 aromatic heterocycles. The van der Waals surface area contributed by atoms with Gasteiger partial charge in [-0.25, -0.2) is 0 Å². The van der Waals surface area contributed by atoms with E-state index in [0.717, 1.165) is 0 Å². The molecule has 1 unspecified atom stereocenters. The first-order valence-corrected chi connectivity index (χ1v) is 14.2. The van der Waals surface area contributed by atoms with E-state index in [0.29, 0.717) is 10.7 Å². The Morgan fingerprint density at radius 1 is 1.11 bits per heavy atom. The molecule has 0 saturated carbocycles. The van der Waals surface area contributed by atoms with Gasteiger partial charge in [-0.05, 0) is 17.6 Å². The first-order chi connectivity index (χ1) is 7.84. The largest absolute Gasteiger partial charge is 0.412 e. The molecular formula is C11H21Cl3O2Si2. The number of carbonyl (C=O) groups excluding carboxylic acids is 1. The number of hydrogen-bond donors (Lipinski definition) is 0. The molecule has 0 heterocycles. The molecule has 0 aliphatic heterocycles. The number of esters is 1. The third-order valence-corrected chi connectivity index (χ3v) is 8.23. The first kappa shape index (κ1) is 18.5. The highest BCUT2D eigenvalue weighted by molar-refractivity contribution is 6.92. The van der Waals surface area contributed by atoms with Crippen LogP contribution in [0, 0.1) is 0 Å². The maximum absolute atomic E-state index is 11.8. The van der Waals surface area contributed by atoms with Crippen molar-refractivity contribution in [1.82, 2.24) is 0 Å². The van der Waals surface area contributed by atoms with Crippen molar-refractivity contribution in [3.05, 3.63) is 9.87 Å². The van der Waals surface area contributed by atoms with Gasteiger partial charge in [-0.1, -0.05) is 50.9 Å². The van der Waals surface area contributed by atoms with Gasteiger partial charge in [-0.3, -0.25) is 4.79 Å². The van der Waals surface area contributed by atoms with Crippen molar-refractivity contribution in [2.24, 2.45) is 0 Å². The van der Waals surface area contributed by atoms with Gasteiger partial charge in [0.25, 0.3) is 0 Å². The predicted molar refractivity (Wildman–Crippen MR) is 86.0 cm³/mol. The van der Waals surface area contributed by atoms with Crippen LogP contribution in [0.15, 0.2) is 9.87 Å². The van der Waals surface area contributed by atoms with Gasteiger partial charge in [-0.15, -0.1) is 11.6 Å². The Labute approximate surface area is 127 Å². The van der Waals surface area contributed by atoms with Crippen LogP contribution in [0.2, 0.25) is 45.3 Å². The molecule has 0 aromatic carbocycles. The van der Waals surface area contributed by atoms with Crippen LogP contribution in [-0.2, 0) is 9.53 Å². The maximum atomic E-state index is 11.8. The van der Waals surface area contributed by atoms with Gasteiger partial charge in [0.1, 0.15) is 5.38 Å². The fourth-order valence-electron chi connectivity index (χ4n) is 1.11. The molecule has 0 radical (unpaired) electrons. The van der Waals surface area contributed by atoms with Crippen molar-refractivity contribution < 1.29 is 9.53 Å². The molecule has 18 heavy (non-hydrogen) atoms. The average Bonchev–Trinajstić information content (AvgIpc) is 2.12.